The van der Waals surface area contributed by atoms with Gasteiger partial charge in [0, 0.05) is 35.3 Å². The molecule has 0 radical (unpaired) electrons. The van der Waals surface area contributed by atoms with E-state index in [-0.39, 0.29) is 5.56 Å². The predicted molar refractivity (Wildman–Crippen MR) is 107 cm³/mol. The van der Waals surface area contributed by atoms with Gasteiger partial charge in [0.15, 0.2) is 11.5 Å². The highest BCUT2D eigenvalue weighted by molar-refractivity contribution is 7.98. The monoisotopic (exact) mass is 371 g/mol. The topological polar surface area (TPSA) is 64.5 Å². The summed E-state index contributed by atoms with van der Waals surface area (Å²) in [6, 6.07) is 15.1. The van der Waals surface area contributed by atoms with Crippen LogP contribution in [0.1, 0.15) is 5.56 Å². The number of hydrogen-bond acceptors (Lipinski definition) is 6. The maximum absolute atomic E-state index is 12.5. The number of rotatable bonds is 7. The summed E-state index contributed by atoms with van der Waals surface area (Å²) in [6.07, 6.45) is 0. The third-order valence-corrected chi connectivity index (χ3v) is 4.60. The van der Waals surface area contributed by atoms with Crippen LogP contribution < -0.4 is 24.5 Å². The van der Waals surface area contributed by atoms with E-state index < -0.39 is 0 Å². The maximum Gasteiger partial charge on any atom is 0.251 e. The Morgan fingerprint density at radius 2 is 1.69 bits per heavy atom. The molecule has 2 aromatic carbocycles. The van der Waals surface area contributed by atoms with E-state index in [2.05, 4.69) is 9.44 Å². The van der Waals surface area contributed by atoms with Crippen LogP contribution in [-0.4, -0.2) is 25.8 Å². The summed E-state index contributed by atoms with van der Waals surface area (Å²) in [6.45, 7) is 0.477. The SMILES string of the molecule is CNSNc1ccc(Cn2c(=O)ccc3cc(OC)c(OC)cc32)cc1. The highest BCUT2D eigenvalue weighted by atomic mass is 32.2. The Morgan fingerprint density at radius 3 is 2.35 bits per heavy atom. The summed E-state index contributed by atoms with van der Waals surface area (Å²) in [7, 11) is 5.04. The molecule has 0 fully saturated rings. The quantitative estimate of drug-likeness (QED) is 0.622. The van der Waals surface area contributed by atoms with Crippen molar-refractivity contribution < 1.29 is 9.47 Å². The number of hydrogen-bond donors (Lipinski definition) is 2. The second-order valence-corrected chi connectivity index (χ2v) is 6.45. The van der Waals surface area contributed by atoms with Gasteiger partial charge in [0.05, 0.1) is 26.3 Å². The molecule has 1 heterocycles. The number of ether oxygens (including phenoxy) is 2. The Balaban J connectivity index is 1.98. The molecule has 0 saturated heterocycles. The van der Waals surface area contributed by atoms with Gasteiger partial charge in [-0.2, -0.15) is 0 Å². The first-order valence-electron chi connectivity index (χ1n) is 8.09. The molecule has 0 spiro atoms. The summed E-state index contributed by atoms with van der Waals surface area (Å²) < 4.78 is 18.6. The van der Waals surface area contributed by atoms with E-state index in [9.17, 15) is 4.79 Å². The number of pyridine rings is 1. The van der Waals surface area contributed by atoms with Crippen molar-refractivity contribution in [2.45, 2.75) is 6.54 Å². The molecule has 0 amide bonds. The number of fused-ring (bicyclic) bond motifs is 1. The number of nitrogens with zero attached hydrogens (tertiary/aromatic N) is 1. The average Bonchev–Trinajstić information content (AvgIpc) is 2.68. The van der Waals surface area contributed by atoms with Gasteiger partial charge in [-0.3, -0.25) is 4.79 Å². The van der Waals surface area contributed by atoms with E-state index in [0.29, 0.717) is 18.0 Å². The van der Waals surface area contributed by atoms with Crippen molar-refractivity contribution in [3.05, 3.63) is 64.4 Å². The Hall–Kier alpha value is -2.64. The van der Waals surface area contributed by atoms with E-state index in [4.69, 9.17) is 9.47 Å². The minimum Gasteiger partial charge on any atom is -0.493 e. The summed E-state index contributed by atoms with van der Waals surface area (Å²) in [4.78, 5) is 12.5. The molecule has 0 saturated carbocycles. The van der Waals surface area contributed by atoms with Crippen LogP contribution in [-0.2, 0) is 6.54 Å². The maximum atomic E-state index is 12.5. The van der Waals surface area contributed by atoms with Crippen LogP contribution in [0.3, 0.4) is 0 Å². The third kappa shape index (κ3) is 3.79. The Labute approximate surface area is 156 Å². The van der Waals surface area contributed by atoms with Crippen molar-refractivity contribution >= 4 is 28.7 Å². The van der Waals surface area contributed by atoms with Crippen molar-refractivity contribution in [3.63, 3.8) is 0 Å². The molecule has 136 valence electrons. The molecule has 0 aliphatic heterocycles. The van der Waals surface area contributed by atoms with Crippen LogP contribution >= 0.6 is 12.1 Å². The first-order valence-corrected chi connectivity index (χ1v) is 8.91. The second-order valence-electron chi connectivity index (χ2n) is 5.63. The van der Waals surface area contributed by atoms with Crippen LogP contribution in [0.15, 0.2) is 53.3 Å². The first-order chi connectivity index (χ1) is 12.7. The largest absolute Gasteiger partial charge is 0.493 e. The minimum atomic E-state index is -0.0577. The molecule has 3 aromatic rings. The van der Waals surface area contributed by atoms with Crippen molar-refractivity contribution in [1.29, 1.82) is 0 Å². The Bertz CT molecular complexity index is 955. The molecule has 3 rings (SSSR count). The third-order valence-electron chi connectivity index (χ3n) is 4.06. The van der Waals surface area contributed by atoms with Crippen LogP contribution in [0.4, 0.5) is 5.69 Å². The highest BCUT2D eigenvalue weighted by Crippen LogP contribution is 2.31. The summed E-state index contributed by atoms with van der Waals surface area (Å²) in [5.74, 6) is 1.24. The molecule has 1 aromatic heterocycles. The lowest BCUT2D eigenvalue weighted by atomic mass is 10.1. The normalized spacial score (nSPS) is 10.7. The lowest BCUT2D eigenvalue weighted by Crippen LogP contribution is -2.20. The standard InChI is InChI=1S/C19H21N3O3S/c1-20-26-21-15-7-4-13(5-8-15)12-22-16-11-18(25-3)17(24-2)10-14(16)6-9-19(22)23/h4-11,20-21H,12H2,1-3H3. The fourth-order valence-electron chi connectivity index (χ4n) is 2.75. The average molecular weight is 371 g/mol. The minimum absolute atomic E-state index is 0.0577. The molecule has 26 heavy (non-hydrogen) atoms. The van der Waals surface area contributed by atoms with Gasteiger partial charge in [-0.1, -0.05) is 12.1 Å². The number of nitrogens with one attached hydrogen (secondary N) is 2. The van der Waals surface area contributed by atoms with Gasteiger partial charge in [0.1, 0.15) is 0 Å². The van der Waals surface area contributed by atoms with Crippen molar-refractivity contribution in [2.24, 2.45) is 0 Å². The number of methoxy groups -OCH3 is 2. The summed E-state index contributed by atoms with van der Waals surface area (Å²) in [5, 5.41) is 0.922. The molecule has 6 nitrogen and oxygen atoms in total. The van der Waals surface area contributed by atoms with E-state index >= 15 is 0 Å². The zero-order valence-electron chi connectivity index (χ0n) is 14.9. The highest BCUT2D eigenvalue weighted by Gasteiger charge is 2.10. The van der Waals surface area contributed by atoms with E-state index in [1.807, 2.05) is 43.4 Å². The van der Waals surface area contributed by atoms with Gasteiger partial charge >= 0.3 is 0 Å². The van der Waals surface area contributed by atoms with E-state index in [1.54, 1.807) is 30.9 Å². The molecule has 7 heteroatoms. The van der Waals surface area contributed by atoms with Gasteiger partial charge in [-0.15, -0.1) is 0 Å². The number of aromatic nitrogens is 1. The van der Waals surface area contributed by atoms with Crippen molar-refractivity contribution in [2.75, 3.05) is 26.0 Å². The molecule has 0 unspecified atom stereocenters. The van der Waals surface area contributed by atoms with Gasteiger partial charge < -0.3 is 18.8 Å². The molecular weight excluding hydrogens is 350 g/mol. The van der Waals surface area contributed by atoms with E-state index in [1.165, 1.54) is 12.1 Å². The molecule has 0 aliphatic carbocycles. The van der Waals surface area contributed by atoms with Gasteiger partial charge in [-0.05, 0) is 36.9 Å². The van der Waals surface area contributed by atoms with Crippen molar-refractivity contribution in [1.82, 2.24) is 9.29 Å². The first kappa shape index (κ1) is 18.2. The van der Waals surface area contributed by atoms with Crippen LogP contribution in [0.25, 0.3) is 10.9 Å². The van der Waals surface area contributed by atoms with E-state index in [0.717, 1.165) is 22.2 Å². The zero-order valence-corrected chi connectivity index (χ0v) is 15.7. The Kier molecular flexibility index (Phi) is 5.70. The van der Waals surface area contributed by atoms with Crippen LogP contribution in [0, 0.1) is 0 Å². The zero-order chi connectivity index (χ0) is 18.5. The lowest BCUT2D eigenvalue weighted by Gasteiger charge is -2.14. The summed E-state index contributed by atoms with van der Waals surface area (Å²) >= 11 is 1.40. The fraction of sp³-hybridized carbons (Fsp3) is 0.211. The smallest absolute Gasteiger partial charge is 0.251 e. The molecule has 0 aliphatic rings. The van der Waals surface area contributed by atoms with Crippen LogP contribution in [0.5, 0.6) is 11.5 Å². The lowest BCUT2D eigenvalue weighted by molar-refractivity contribution is 0.355. The fourth-order valence-corrected chi connectivity index (χ4v) is 3.11. The summed E-state index contributed by atoms with van der Waals surface area (Å²) in [5.41, 5.74) is 2.78. The predicted octanol–water partition coefficient (Wildman–Crippen LogP) is 3.26. The second kappa shape index (κ2) is 8.16. The molecule has 2 N–H and O–H groups in total. The molecule has 0 bridgehead atoms. The number of anilines is 1. The molecule has 0 atom stereocenters. The van der Waals surface area contributed by atoms with Gasteiger partial charge in [-0.25, -0.2) is 4.72 Å². The number of benzene rings is 2. The van der Waals surface area contributed by atoms with Crippen LogP contribution in [0.2, 0.25) is 0 Å². The Morgan fingerprint density at radius 1 is 1.00 bits per heavy atom. The van der Waals surface area contributed by atoms with Gasteiger partial charge in [0.25, 0.3) is 5.56 Å². The molecular formula is C19H21N3O3S. The van der Waals surface area contributed by atoms with Gasteiger partial charge in [0.2, 0.25) is 0 Å². The van der Waals surface area contributed by atoms with Crippen molar-refractivity contribution in [3.8, 4) is 11.5 Å².